The highest BCUT2D eigenvalue weighted by Crippen LogP contribution is 2.23. The average Bonchev–Trinajstić information content (AvgIpc) is 3.07. The maximum atomic E-state index is 13.8. The van der Waals surface area contributed by atoms with Crippen molar-refractivity contribution in [3.8, 4) is 0 Å². The molecule has 0 aliphatic heterocycles. The topological polar surface area (TPSA) is 171 Å². The zero-order valence-electron chi connectivity index (χ0n) is 27.8. The van der Waals surface area contributed by atoms with E-state index in [1.807, 2.05) is 30.3 Å². The first-order valence-corrected chi connectivity index (χ1v) is 17.4. The molecule has 0 aliphatic carbocycles. The second-order valence-electron chi connectivity index (χ2n) is 11.9. The van der Waals surface area contributed by atoms with Gasteiger partial charge < -0.3 is 26.5 Å². The maximum absolute atomic E-state index is 13.8. The molecule has 0 spiro atoms. The van der Waals surface area contributed by atoms with Crippen molar-refractivity contribution in [1.29, 1.82) is 0 Å². The van der Waals surface area contributed by atoms with E-state index in [0.717, 1.165) is 21.1 Å². The molecular formula is C36H40F2N6O5S. The third kappa shape index (κ3) is 10.3. The number of aliphatic hydroxyl groups excluding tert-OH is 1. The minimum absolute atomic E-state index is 0.00758. The summed E-state index contributed by atoms with van der Waals surface area (Å²) in [6.45, 7) is 1.52. The standard InChI is InChI=1S/C36H40F2N6O5S/c1-23(25-9-13-29(37)14-10-25)41-35(46)27-18-28(20-31(19-27)43(2)50(3,48)49)36(47)42-33(17-24-7-5-4-6-8-24)34(45)22-44(40)21-32(39)26-11-15-30(38)16-12-26/h4-16,18-21,23,33-34,45H,17,22,39-40H2,1-3H3,(H,41,46)(H,42,47)/b32-21-/t23-,33+,34+/m1/s1. The molecule has 2 amide bonds. The Hall–Kier alpha value is -5.31. The molecule has 264 valence electrons. The number of hydrogen-bond donors (Lipinski definition) is 5. The first kappa shape index (κ1) is 37.5. The number of sulfonamides is 1. The van der Waals surface area contributed by atoms with E-state index in [2.05, 4.69) is 10.6 Å². The predicted molar refractivity (Wildman–Crippen MR) is 189 cm³/mol. The molecule has 0 saturated carbocycles. The Bertz CT molecular complexity index is 1930. The zero-order chi connectivity index (χ0) is 36.6. The van der Waals surface area contributed by atoms with Crippen LogP contribution in [0, 0.1) is 11.6 Å². The van der Waals surface area contributed by atoms with E-state index in [9.17, 15) is 31.9 Å². The van der Waals surface area contributed by atoms with Crippen molar-refractivity contribution in [2.45, 2.75) is 31.5 Å². The van der Waals surface area contributed by atoms with Crippen LogP contribution in [0.15, 0.2) is 103 Å². The molecule has 3 atom stereocenters. The number of amides is 2. The van der Waals surface area contributed by atoms with Crippen LogP contribution in [0.4, 0.5) is 14.5 Å². The highest BCUT2D eigenvalue weighted by atomic mass is 32.2. The number of carbonyl (C=O) groups is 2. The monoisotopic (exact) mass is 706 g/mol. The Labute approximate surface area is 290 Å². The Kier molecular flexibility index (Phi) is 12.3. The number of anilines is 1. The summed E-state index contributed by atoms with van der Waals surface area (Å²) in [6.07, 6.45) is 1.30. The molecule has 4 aromatic carbocycles. The van der Waals surface area contributed by atoms with Crippen LogP contribution in [0.3, 0.4) is 0 Å². The van der Waals surface area contributed by atoms with Gasteiger partial charge in [-0.15, -0.1) is 0 Å². The lowest BCUT2D eigenvalue weighted by atomic mass is 9.99. The molecule has 0 aliphatic rings. The molecule has 0 saturated heterocycles. The van der Waals surface area contributed by atoms with Gasteiger partial charge in [-0.3, -0.25) is 13.9 Å². The lowest BCUT2D eigenvalue weighted by molar-refractivity contribution is 0.0752. The second kappa shape index (κ2) is 16.4. The summed E-state index contributed by atoms with van der Waals surface area (Å²) in [6, 6.07) is 22.7. The van der Waals surface area contributed by atoms with E-state index < -0.39 is 51.7 Å². The van der Waals surface area contributed by atoms with E-state index in [1.54, 1.807) is 6.92 Å². The van der Waals surface area contributed by atoms with Gasteiger partial charge in [0.2, 0.25) is 10.0 Å². The van der Waals surface area contributed by atoms with E-state index in [1.165, 1.54) is 80.0 Å². The van der Waals surface area contributed by atoms with E-state index >= 15 is 0 Å². The highest BCUT2D eigenvalue weighted by Gasteiger charge is 2.26. The van der Waals surface area contributed by atoms with E-state index in [-0.39, 0.29) is 35.5 Å². The van der Waals surface area contributed by atoms with E-state index in [4.69, 9.17) is 11.6 Å². The van der Waals surface area contributed by atoms with Crippen molar-refractivity contribution in [3.63, 3.8) is 0 Å². The fourth-order valence-electron chi connectivity index (χ4n) is 5.06. The number of nitrogens with two attached hydrogens (primary N) is 2. The van der Waals surface area contributed by atoms with Crippen LogP contribution in [0.1, 0.15) is 50.4 Å². The Morgan fingerprint density at radius 1 is 0.860 bits per heavy atom. The largest absolute Gasteiger partial charge is 0.397 e. The smallest absolute Gasteiger partial charge is 0.251 e. The third-order valence-corrected chi connectivity index (χ3v) is 9.19. The number of halogens is 2. The Morgan fingerprint density at radius 2 is 1.40 bits per heavy atom. The highest BCUT2D eigenvalue weighted by molar-refractivity contribution is 7.92. The molecular weight excluding hydrogens is 666 g/mol. The summed E-state index contributed by atoms with van der Waals surface area (Å²) in [4.78, 5) is 27.3. The normalized spacial score (nSPS) is 13.5. The van der Waals surface area contributed by atoms with Crippen LogP contribution in [0.5, 0.6) is 0 Å². The number of nitrogens with zero attached hydrogens (tertiary/aromatic N) is 2. The minimum Gasteiger partial charge on any atom is -0.397 e. The van der Waals surface area contributed by atoms with Crippen molar-refractivity contribution < 1.29 is 31.9 Å². The maximum Gasteiger partial charge on any atom is 0.251 e. The lowest BCUT2D eigenvalue weighted by Gasteiger charge is -2.28. The van der Waals surface area contributed by atoms with Gasteiger partial charge in [0, 0.05) is 24.4 Å². The summed E-state index contributed by atoms with van der Waals surface area (Å²) >= 11 is 0. The van der Waals surface area contributed by atoms with Crippen molar-refractivity contribution in [3.05, 3.63) is 143 Å². The summed E-state index contributed by atoms with van der Waals surface area (Å²) in [5.74, 6) is 4.00. The van der Waals surface area contributed by atoms with Crippen LogP contribution < -0.4 is 26.5 Å². The third-order valence-electron chi connectivity index (χ3n) is 7.98. The summed E-state index contributed by atoms with van der Waals surface area (Å²) in [7, 11) is -2.50. The number of rotatable bonds is 14. The lowest BCUT2D eigenvalue weighted by Crippen LogP contribution is -2.50. The summed E-state index contributed by atoms with van der Waals surface area (Å²) in [5, 5.41) is 18.1. The molecule has 0 radical (unpaired) electrons. The molecule has 11 nitrogen and oxygen atoms in total. The van der Waals surface area contributed by atoms with Crippen molar-refractivity contribution >= 4 is 33.2 Å². The van der Waals surface area contributed by atoms with Gasteiger partial charge in [0.15, 0.2) is 0 Å². The number of benzene rings is 4. The molecule has 7 N–H and O–H groups in total. The van der Waals surface area contributed by atoms with Crippen LogP contribution in [-0.2, 0) is 16.4 Å². The molecule has 0 fully saturated rings. The quantitative estimate of drug-likeness (QED) is 0.0977. The zero-order valence-corrected chi connectivity index (χ0v) is 28.6. The molecule has 4 rings (SSSR count). The molecule has 0 bridgehead atoms. The minimum atomic E-state index is -3.79. The SMILES string of the molecule is C[C@@H](NC(=O)c1cc(C(=O)N[C@@H](Cc2ccccc2)[C@@H](O)CN(N)/C=C(\N)c2ccc(F)cc2)cc(N(C)S(C)(=O)=O)c1)c1ccc(F)cc1. The summed E-state index contributed by atoms with van der Waals surface area (Å²) in [5.41, 5.74) is 8.27. The van der Waals surface area contributed by atoms with Gasteiger partial charge in [0.1, 0.15) is 11.6 Å². The predicted octanol–water partition coefficient (Wildman–Crippen LogP) is 3.69. The molecule has 14 heteroatoms. The van der Waals surface area contributed by atoms with Gasteiger partial charge >= 0.3 is 0 Å². The van der Waals surface area contributed by atoms with Gasteiger partial charge in [-0.05, 0) is 84.6 Å². The van der Waals surface area contributed by atoms with Crippen molar-refractivity contribution in [2.24, 2.45) is 11.6 Å². The van der Waals surface area contributed by atoms with Crippen LogP contribution in [0.25, 0.3) is 5.70 Å². The second-order valence-corrected chi connectivity index (χ2v) is 13.9. The number of aliphatic hydroxyl groups is 1. The molecule has 0 unspecified atom stereocenters. The fourth-order valence-corrected chi connectivity index (χ4v) is 5.54. The number of hydrogen-bond acceptors (Lipinski definition) is 8. The van der Waals surface area contributed by atoms with Gasteiger partial charge in [-0.1, -0.05) is 42.5 Å². The van der Waals surface area contributed by atoms with Gasteiger partial charge in [0.25, 0.3) is 11.8 Å². The number of nitrogens with one attached hydrogen (secondary N) is 2. The first-order chi connectivity index (χ1) is 23.6. The molecule has 4 aromatic rings. The molecule has 0 heterocycles. The van der Waals surface area contributed by atoms with Crippen molar-refractivity contribution in [1.82, 2.24) is 15.6 Å². The van der Waals surface area contributed by atoms with Crippen molar-refractivity contribution in [2.75, 3.05) is 24.2 Å². The summed E-state index contributed by atoms with van der Waals surface area (Å²) < 4.78 is 52.6. The van der Waals surface area contributed by atoms with Crippen LogP contribution >= 0.6 is 0 Å². The van der Waals surface area contributed by atoms with Gasteiger partial charge in [-0.25, -0.2) is 23.0 Å². The Morgan fingerprint density at radius 3 is 1.96 bits per heavy atom. The van der Waals surface area contributed by atoms with E-state index in [0.29, 0.717) is 11.1 Å². The van der Waals surface area contributed by atoms with Gasteiger partial charge in [-0.2, -0.15) is 0 Å². The molecule has 0 aromatic heterocycles. The Balaban J connectivity index is 1.61. The first-order valence-electron chi connectivity index (χ1n) is 15.5. The average molecular weight is 707 g/mol. The van der Waals surface area contributed by atoms with Gasteiger partial charge in [0.05, 0.1) is 42.4 Å². The number of carbonyl (C=O) groups excluding carboxylic acids is 2. The van der Waals surface area contributed by atoms with Crippen LogP contribution in [0.2, 0.25) is 0 Å². The molecule has 50 heavy (non-hydrogen) atoms. The fraction of sp³-hybridized carbons (Fsp3) is 0.222. The number of hydrazine groups is 1. The van der Waals surface area contributed by atoms with Crippen LogP contribution in [-0.4, -0.2) is 62.3 Å².